The molecular weight excluding hydrogens is 501 g/mol. The van der Waals surface area contributed by atoms with Crippen molar-refractivity contribution >= 4 is 34.8 Å². The van der Waals surface area contributed by atoms with Gasteiger partial charge in [-0.15, -0.1) is 15.0 Å². The molecule has 0 aliphatic heterocycles. The predicted molar refractivity (Wildman–Crippen MR) is 136 cm³/mol. The molecule has 3 heterocycles. The van der Waals surface area contributed by atoms with Gasteiger partial charge < -0.3 is 5.32 Å². The van der Waals surface area contributed by atoms with Crippen molar-refractivity contribution in [1.29, 1.82) is 0 Å². The van der Waals surface area contributed by atoms with Crippen LogP contribution in [0.1, 0.15) is 27.4 Å². The summed E-state index contributed by atoms with van der Waals surface area (Å²) in [6.07, 6.45) is 1.69. The van der Waals surface area contributed by atoms with Gasteiger partial charge in [0.2, 0.25) is 5.82 Å². The summed E-state index contributed by atoms with van der Waals surface area (Å²) < 4.78 is 3.36. The molecule has 0 aliphatic carbocycles. The van der Waals surface area contributed by atoms with Crippen molar-refractivity contribution in [3.63, 3.8) is 0 Å². The average Bonchev–Trinajstić information content (AvgIpc) is 3.59. The highest BCUT2D eigenvalue weighted by Gasteiger charge is 2.18. The van der Waals surface area contributed by atoms with E-state index in [2.05, 4.69) is 30.9 Å². The third kappa shape index (κ3) is 5.00. The minimum Gasteiger partial charge on any atom is -0.317 e. The van der Waals surface area contributed by atoms with Crippen molar-refractivity contribution in [3.8, 4) is 11.4 Å². The van der Waals surface area contributed by atoms with Crippen LogP contribution in [0.15, 0.2) is 60.8 Å². The van der Waals surface area contributed by atoms with Crippen LogP contribution in [-0.4, -0.2) is 45.7 Å². The van der Waals surface area contributed by atoms with Gasteiger partial charge in [0.05, 0.1) is 23.6 Å². The van der Waals surface area contributed by atoms with Crippen molar-refractivity contribution < 1.29 is 4.79 Å². The quantitative estimate of drug-likeness (QED) is 0.338. The number of benzene rings is 2. The number of carbonyl (C=O) groups excluding carboxylic acids is 1. The Bertz CT molecular complexity index is 1540. The smallest absolute Gasteiger partial charge is 0.276 e. The Hall–Kier alpha value is -4.02. The second kappa shape index (κ2) is 9.92. The minimum atomic E-state index is -0.347. The lowest BCUT2D eigenvalue weighted by Gasteiger charge is -2.08. The highest BCUT2D eigenvalue weighted by Crippen LogP contribution is 2.25. The summed E-state index contributed by atoms with van der Waals surface area (Å²) in [5, 5.41) is 25.5. The molecule has 0 bridgehead atoms. The number of aromatic nitrogens is 8. The lowest BCUT2D eigenvalue weighted by Crippen LogP contribution is -2.16. The summed E-state index contributed by atoms with van der Waals surface area (Å²) in [4.78, 5) is 14.3. The van der Waals surface area contributed by atoms with Crippen LogP contribution in [0.25, 0.3) is 11.4 Å². The monoisotopic (exact) mass is 521 g/mol. The number of nitrogens with one attached hydrogen (secondary N) is 1. The zero-order valence-corrected chi connectivity index (χ0v) is 20.9. The van der Waals surface area contributed by atoms with E-state index in [9.17, 15) is 4.79 Å². The fourth-order valence-corrected chi connectivity index (χ4v) is 4.19. The van der Waals surface area contributed by atoms with Gasteiger partial charge in [-0.1, -0.05) is 59.6 Å². The lowest BCUT2D eigenvalue weighted by molar-refractivity contribution is 0.102. The first kappa shape index (κ1) is 23.7. The van der Waals surface area contributed by atoms with E-state index in [0.29, 0.717) is 33.8 Å². The molecule has 0 unspecified atom stereocenters. The Morgan fingerprint density at radius 2 is 1.81 bits per heavy atom. The number of hydrogen-bond donors (Lipinski definition) is 1. The summed E-state index contributed by atoms with van der Waals surface area (Å²) >= 11 is 12.3. The van der Waals surface area contributed by atoms with Gasteiger partial charge in [-0.3, -0.25) is 9.48 Å². The highest BCUT2D eigenvalue weighted by atomic mass is 35.5. The van der Waals surface area contributed by atoms with E-state index in [0.717, 1.165) is 16.8 Å². The molecule has 5 aromatic rings. The first-order valence-electron chi connectivity index (χ1n) is 11.0. The van der Waals surface area contributed by atoms with Gasteiger partial charge in [-0.2, -0.15) is 10.2 Å². The van der Waals surface area contributed by atoms with Gasteiger partial charge in [0, 0.05) is 21.8 Å². The predicted octanol–water partition coefficient (Wildman–Crippen LogP) is 4.46. The zero-order valence-electron chi connectivity index (χ0n) is 19.4. The van der Waals surface area contributed by atoms with Crippen LogP contribution in [0.4, 0.5) is 5.69 Å². The molecule has 0 saturated carbocycles. The van der Waals surface area contributed by atoms with Crippen molar-refractivity contribution in [3.05, 3.63) is 93.5 Å². The maximum absolute atomic E-state index is 12.9. The van der Waals surface area contributed by atoms with Crippen molar-refractivity contribution in [2.75, 3.05) is 5.32 Å². The Morgan fingerprint density at radius 1 is 1.00 bits per heavy atom. The maximum Gasteiger partial charge on any atom is 0.276 e. The number of hydrogen-bond acceptors (Lipinski definition) is 6. The van der Waals surface area contributed by atoms with Crippen LogP contribution in [-0.2, 0) is 13.2 Å². The summed E-state index contributed by atoms with van der Waals surface area (Å²) in [7, 11) is 0. The molecule has 0 radical (unpaired) electrons. The van der Waals surface area contributed by atoms with Crippen molar-refractivity contribution in [1.82, 2.24) is 39.8 Å². The highest BCUT2D eigenvalue weighted by molar-refractivity contribution is 6.35. The molecule has 1 N–H and O–H groups in total. The second-order valence-electron chi connectivity index (χ2n) is 8.13. The Morgan fingerprint density at radius 3 is 2.58 bits per heavy atom. The molecule has 0 fully saturated rings. The molecule has 12 heteroatoms. The molecule has 0 atom stereocenters. The van der Waals surface area contributed by atoms with Crippen LogP contribution in [0.2, 0.25) is 10.0 Å². The number of tetrazole rings is 1. The van der Waals surface area contributed by atoms with Crippen LogP contribution < -0.4 is 5.32 Å². The number of halogens is 2. The van der Waals surface area contributed by atoms with E-state index in [1.807, 2.05) is 50.2 Å². The molecule has 182 valence electrons. The number of aryl methyl sites for hydroxylation is 1. The third-order valence-electron chi connectivity index (χ3n) is 5.58. The molecule has 0 aliphatic rings. The lowest BCUT2D eigenvalue weighted by atomic mass is 10.2. The van der Waals surface area contributed by atoms with Crippen LogP contribution in [0.3, 0.4) is 0 Å². The number of anilines is 1. The van der Waals surface area contributed by atoms with Gasteiger partial charge in [-0.05, 0) is 42.8 Å². The van der Waals surface area contributed by atoms with Crippen LogP contribution in [0, 0.1) is 13.8 Å². The van der Waals surface area contributed by atoms with Gasteiger partial charge >= 0.3 is 0 Å². The summed E-state index contributed by atoms with van der Waals surface area (Å²) in [5.74, 6) is 0.170. The molecule has 5 rings (SSSR count). The van der Waals surface area contributed by atoms with E-state index in [4.69, 9.17) is 23.2 Å². The summed E-state index contributed by atoms with van der Waals surface area (Å²) in [5.41, 5.74) is 4.11. The largest absolute Gasteiger partial charge is 0.317 e. The first-order chi connectivity index (χ1) is 17.4. The zero-order chi connectivity index (χ0) is 25.2. The van der Waals surface area contributed by atoms with Gasteiger partial charge in [0.15, 0.2) is 12.4 Å². The van der Waals surface area contributed by atoms with E-state index in [-0.39, 0.29) is 18.3 Å². The molecule has 2 aromatic carbocycles. The third-order valence-corrected chi connectivity index (χ3v) is 6.17. The van der Waals surface area contributed by atoms with Gasteiger partial charge in [0.1, 0.15) is 0 Å². The van der Waals surface area contributed by atoms with E-state index in [1.54, 1.807) is 33.8 Å². The molecular formula is C24H21Cl2N9O. The summed E-state index contributed by atoms with van der Waals surface area (Å²) in [6, 6.07) is 16.5. The maximum atomic E-state index is 12.9. The Balaban J connectivity index is 1.27. The molecule has 1 amide bonds. The second-order valence-corrected chi connectivity index (χ2v) is 8.97. The van der Waals surface area contributed by atoms with Crippen molar-refractivity contribution in [2.45, 2.75) is 27.1 Å². The van der Waals surface area contributed by atoms with E-state index >= 15 is 0 Å². The Labute approximate surface area is 216 Å². The molecule has 36 heavy (non-hydrogen) atoms. The topological polar surface area (TPSA) is 108 Å². The normalized spacial score (nSPS) is 11.1. The number of carbonyl (C=O) groups is 1. The van der Waals surface area contributed by atoms with E-state index in [1.165, 1.54) is 4.80 Å². The minimum absolute atomic E-state index is 0.213. The molecule has 0 spiro atoms. The number of amides is 1. The van der Waals surface area contributed by atoms with E-state index < -0.39 is 0 Å². The fraction of sp³-hybridized carbons (Fsp3) is 0.167. The fourth-order valence-electron chi connectivity index (χ4n) is 3.72. The summed E-state index contributed by atoms with van der Waals surface area (Å²) in [6.45, 7) is 4.38. The first-order valence-corrected chi connectivity index (χ1v) is 11.8. The number of rotatable bonds is 7. The SMILES string of the molecule is Cc1nn(Cc2ccc(Cl)cc2Cl)c(C)c1NC(=O)c1ccn(Cn2nnc(-c3ccccc3)n2)n1. The molecule has 3 aromatic heterocycles. The van der Waals surface area contributed by atoms with Crippen LogP contribution in [0.5, 0.6) is 0 Å². The molecule has 10 nitrogen and oxygen atoms in total. The van der Waals surface area contributed by atoms with Gasteiger partial charge in [0.25, 0.3) is 5.91 Å². The molecule has 0 saturated heterocycles. The van der Waals surface area contributed by atoms with Crippen LogP contribution >= 0.6 is 23.2 Å². The standard InChI is InChI=1S/C24H21Cl2N9O/c1-15-22(16(2)34(29-15)13-18-8-9-19(25)12-20(18)26)27-24(36)21-10-11-33(30-21)14-35-31-23(28-32-35)17-6-4-3-5-7-17/h3-12H,13-14H2,1-2H3,(H,27,36). The number of nitrogens with zero attached hydrogens (tertiary/aromatic N) is 8. The Kier molecular flexibility index (Phi) is 6.53. The average molecular weight is 522 g/mol. The van der Waals surface area contributed by atoms with Crippen molar-refractivity contribution in [2.24, 2.45) is 0 Å². The van der Waals surface area contributed by atoms with Gasteiger partial charge in [-0.25, -0.2) is 4.68 Å².